The fourth-order valence-electron chi connectivity index (χ4n) is 2.81. The van der Waals surface area contributed by atoms with Crippen molar-refractivity contribution in [3.63, 3.8) is 0 Å². The number of carbonyl (C=O) groups is 3. The standard InChI is InChI=1S/C25H24N4O5/c1-33-21-12-7-11-20(14-21)28-24(31)25(32)29-27-16-19-10-5-6-13-22(19)34-17-23(30)26-15-18-8-3-2-4-9-18/h2-14,16H,15,17H2,1H3,(H,26,30)(H,28,31)(H,29,32)/b27-16-. The molecule has 174 valence electrons. The lowest BCUT2D eigenvalue weighted by molar-refractivity contribution is -0.136. The zero-order chi connectivity index (χ0) is 24.2. The molecule has 0 aliphatic carbocycles. The molecule has 9 nitrogen and oxygen atoms in total. The van der Waals surface area contributed by atoms with Crippen LogP contribution in [-0.4, -0.2) is 37.7 Å². The van der Waals surface area contributed by atoms with Crippen LogP contribution in [0.15, 0.2) is 84.0 Å². The molecule has 0 saturated carbocycles. The predicted octanol–water partition coefficient (Wildman–Crippen LogP) is 2.48. The van der Waals surface area contributed by atoms with Crippen LogP contribution in [0.4, 0.5) is 5.69 Å². The Balaban J connectivity index is 1.49. The summed E-state index contributed by atoms with van der Waals surface area (Å²) in [5.74, 6) is -1.17. The minimum absolute atomic E-state index is 0.188. The highest BCUT2D eigenvalue weighted by Gasteiger charge is 2.13. The fourth-order valence-corrected chi connectivity index (χ4v) is 2.81. The first-order valence-electron chi connectivity index (χ1n) is 10.4. The maximum Gasteiger partial charge on any atom is 0.329 e. The SMILES string of the molecule is COc1cccc(NC(=O)C(=O)N/N=C\c2ccccc2OCC(=O)NCc2ccccc2)c1. The summed E-state index contributed by atoms with van der Waals surface area (Å²) in [6.45, 7) is 0.211. The molecule has 0 spiro atoms. The third kappa shape index (κ3) is 7.49. The van der Waals surface area contributed by atoms with Crippen LogP contribution in [0.25, 0.3) is 0 Å². The van der Waals surface area contributed by atoms with E-state index in [4.69, 9.17) is 9.47 Å². The molecule has 3 N–H and O–H groups in total. The van der Waals surface area contributed by atoms with E-state index in [2.05, 4.69) is 21.2 Å². The van der Waals surface area contributed by atoms with E-state index in [-0.39, 0.29) is 12.5 Å². The highest BCUT2D eigenvalue weighted by atomic mass is 16.5. The number of anilines is 1. The Hall–Kier alpha value is -4.66. The molecule has 0 fully saturated rings. The predicted molar refractivity (Wildman–Crippen MR) is 128 cm³/mol. The molecular formula is C25H24N4O5. The summed E-state index contributed by atoms with van der Waals surface area (Å²) in [6, 6.07) is 23.0. The fraction of sp³-hybridized carbons (Fsp3) is 0.120. The number of benzene rings is 3. The second-order valence-electron chi connectivity index (χ2n) is 6.97. The van der Waals surface area contributed by atoms with Crippen molar-refractivity contribution in [2.75, 3.05) is 19.0 Å². The van der Waals surface area contributed by atoms with Crippen molar-refractivity contribution in [3.05, 3.63) is 90.0 Å². The van der Waals surface area contributed by atoms with Gasteiger partial charge in [0.15, 0.2) is 6.61 Å². The lowest BCUT2D eigenvalue weighted by atomic mass is 10.2. The van der Waals surface area contributed by atoms with E-state index in [0.29, 0.717) is 29.3 Å². The van der Waals surface area contributed by atoms with Gasteiger partial charge in [0.05, 0.1) is 13.3 Å². The number of hydrogen-bond donors (Lipinski definition) is 3. The topological polar surface area (TPSA) is 118 Å². The first kappa shape index (κ1) is 24.0. The Kier molecular flexibility index (Phi) is 8.75. The Labute approximate surface area is 196 Å². The highest BCUT2D eigenvalue weighted by molar-refractivity contribution is 6.39. The molecule has 0 heterocycles. The molecule has 0 aliphatic rings. The average Bonchev–Trinajstić information content (AvgIpc) is 2.87. The van der Waals surface area contributed by atoms with Crippen molar-refractivity contribution in [1.82, 2.24) is 10.7 Å². The van der Waals surface area contributed by atoms with Crippen molar-refractivity contribution in [2.45, 2.75) is 6.54 Å². The second kappa shape index (κ2) is 12.4. The smallest absolute Gasteiger partial charge is 0.329 e. The first-order valence-corrected chi connectivity index (χ1v) is 10.4. The third-order valence-electron chi connectivity index (χ3n) is 4.51. The van der Waals surface area contributed by atoms with Crippen LogP contribution in [0, 0.1) is 0 Å². The van der Waals surface area contributed by atoms with Gasteiger partial charge >= 0.3 is 11.8 Å². The molecule has 3 aromatic carbocycles. The van der Waals surface area contributed by atoms with Crippen LogP contribution in [0.3, 0.4) is 0 Å². The highest BCUT2D eigenvalue weighted by Crippen LogP contribution is 2.17. The van der Waals surface area contributed by atoms with E-state index in [1.165, 1.54) is 13.3 Å². The molecule has 3 amide bonds. The number of ether oxygens (including phenoxy) is 2. The van der Waals surface area contributed by atoms with Crippen molar-refractivity contribution >= 4 is 29.6 Å². The molecule has 3 rings (SSSR count). The number of methoxy groups -OCH3 is 1. The van der Waals surface area contributed by atoms with E-state index in [9.17, 15) is 14.4 Å². The Morgan fingerprint density at radius 3 is 2.47 bits per heavy atom. The van der Waals surface area contributed by atoms with Crippen LogP contribution in [0.5, 0.6) is 11.5 Å². The summed E-state index contributed by atoms with van der Waals surface area (Å²) in [5.41, 5.74) is 4.07. The van der Waals surface area contributed by atoms with Crippen LogP contribution in [0.1, 0.15) is 11.1 Å². The second-order valence-corrected chi connectivity index (χ2v) is 6.97. The van der Waals surface area contributed by atoms with Gasteiger partial charge in [0.2, 0.25) is 0 Å². The minimum atomic E-state index is -0.947. The monoisotopic (exact) mass is 460 g/mol. The van der Waals surface area contributed by atoms with Crippen molar-refractivity contribution in [2.24, 2.45) is 5.10 Å². The van der Waals surface area contributed by atoms with E-state index < -0.39 is 11.8 Å². The van der Waals surface area contributed by atoms with Gasteiger partial charge in [-0.2, -0.15) is 5.10 Å². The van der Waals surface area contributed by atoms with Gasteiger partial charge < -0.3 is 20.1 Å². The maximum absolute atomic E-state index is 12.1. The number of para-hydroxylation sites is 1. The maximum atomic E-state index is 12.1. The molecule has 0 aromatic heterocycles. The van der Waals surface area contributed by atoms with Crippen molar-refractivity contribution in [1.29, 1.82) is 0 Å². The Morgan fingerprint density at radius 2 is 1.68 bits per heavy atom. The summed E-state index contributed by atoms with van der Waals surface area (Å²) in [7, 11) is 1.50. The number of amides is 3. The summed E-state index contributed by atoms with van der Waals surface area (Å²) < 4.78 is 10.7. The molecule has 3 aromatic rings. The number of nitrogens with one attached hydrogen (secondary N) is 3. The molecular weight excluding hydrogens is 436 g/mol. The summed E-state index contributed by atoms with van der Waals surface area (Å²) in [5, 5.41) is 9.05. The summed E-state index contributed by atoms with van der Waals surface area (Å²) in [4.78, 5) is 36.2. The van der Waals surface area contributed by atoms with Gasteiger partial charge in [-0.05, 0) is 29.8 Å². The van der Waals surface area contributed by atoms with Crippen molar-refractivity contribution < 1.29 is 23.9 Å². The lowest BCUT2D eigenvalue weighted by Crippen LogP contribution is -2.32. The lowest BCUT2D eigenvalue weighted by Gasteiger charge is -2.09. The van der Waals surface area contributed by atoms with Crippen LogP contribution < -0.4 is 25.5 Å². The van der Waals surface area contributed by atoms with Gasteiger partial charge in [-0.25, -0.2) is 5.43 Å². The molecule has 0 radical (unpaired) electrons. The quantitative estimate of drug-likeness (QED) is 0.258. The minimum Gasteiger partial charge on any atom is -0.497 e. The van der Waals surface area contributed by atoms with Crippen LogP contribution >= 0.6 is 0 Å². The van der Waals surface area contributed by atoms with E-state index in [0.717, 1.165) is 5.56 Å². The summed E-state index contributed by atoms with van der Waals surface area (Å²) in [6.07, 6.45) is 1.33. The number of hydrazone groups is 1. The number of carbonyl (C=O) groups excluding carboxylic acids is 3. The van der Waals surface area contributed by atoms with Gasteiger partial charge in [0, 0.05) is 23.9 Å². The molecule has 0 atom stereocenters. The molecule has 0 bridgehead atoms. The Morgan fingerprint density at radius 1 is 0.912 bits per heavy atom. The van der Waals surface area contributed by atoms with Gasteiger partial charge in [-0.15, -0.1) is 0 Å². The third-order valence-corrected chi connectivity index (χ3v) is 4.51. The van der Waals surface area contributed by atoms with Gasteiger partial charge in [-0.1, -0.05) is 48.5 Å². The Bertz CT molecular complexity index is 1160. The van der Waals surface area contributed by atoms with E-state index >= 15 is 0 Å². The number of nitrogens with zero attached hydrogens (tertiary/aromatic N) is 1. The normalized spacial score (nSPS) is 10.4. The average molecular weight is 460 g/mol. The molecule has 0 aliphatic heterocycles. The number of rotatable bonds is 9. The summed E-state index contributed by atoms with van der Waals surface area (Å²) >= 11 is 0. The van der Waals surface area contributed by atoms with Crippen molar-refractivity contribution in [3.8, 4) is 11.5 Å². The largest absolute Gasteiger partial charge is 0.497 e. The molecule has 34 heavy (non-hydrogen) atoms. The molecule has 0 unspecified atom stereocenters. The van der Waals surface area contributed by atoms with E-state index in [1.807, 2.05) is 30.3 Å². The van der Waals surface area contributed by atoms with Crippen LogP contribution in [-0.2, 0) is 20.9 Å². The van der Waals surface area contributed by atoms with Crippen LogP contribution in [0.2, 0.25) is 0 Å². The zero-order valence-electron chi connectivity index (χ0n) is 18.5. The van der Waals surface area contributed by atoms with E-state index in [1.54, 1.807) is 48.5 Å². The molecule has 9 heteroatoms. The molecule has 0 saturated heterocycles. The van der Waals surface area contributed by atoms with Gasteiger partial charge in [0.25, 0.3) is 5.91 Å². The first-order chi connectivity index (χ1) is 16.5. The number of hydrogen-bond acceptors (Lipinski definition) is 6. The van der Waals surface area contributed by atoms with Gasteiger partial charge in [-0.3, -0.25) is 14.4 Å². The van der Waals surface area contributed by atoms with Gasteiger partial charge in [0.1, 0.15) is 11.5 Å². The zero-order valence-corrected chi connectivity index (χ0v) is 18.5.